The highest BCUT2D eigenvalue weighted by Crippen LogP contribution is 2.64. The molecule has 17 unspecified atom stereocenters. The van der Waals surface area contributed by atoms with Gasteiger partial charge in [-0.1, -0.05) is 104 Å². The van der Waals surface area contributed by atoms with Crippen LogP contribution in [0.25, 0.3) is 0 Å². The van der Waals surface area contributed by atoms with E-state index in [2.05, 4.69) is 54.5 Å². The van der Waals surface area contributed by atoms with E-state index < -0.39 is 0 Å². The number of hydrogen-bond acceptors (Lipinski definition) is 3. The Morgan fingerprint density at radius 3 is 1.29 bits per heavy atom. The maximum Gasteiger partial charge on any atom is 0.0139 e. The fourth-order valence-electron chi connectivity index (χ4n) is 21.9. The van der Waals surface area contributed by atoms with E-state index in [4.69, 9.17) is 0 Å². The Hall–Kier alpha value is -0.380. The summed E-state index contributed by atoms with van der Waals surface area (Å²) in [6, 6.07) is 8.05. The molecule has 0 radical (unpaired) electrons. The van der Waals surface area contributed by atoms with E-state index >= 15 is 0 Å². The predicted octanol–water partition coefficient (Wildman–Crippen LogP) is 15.0. The van der Waals surface area contributed by atoms with Gasteiger partial charge in [0, 0.05) is 54.4 Å². The zero-order chi connectivity index (χ0) is 42.5. The number of fused-ring (bicyclic) bond motifs is 7. The van der Waals surface area contributed by atoms with Gasteiger partial charge in [0.25, 0.3) is 0 Å². The molecule has 354 valence electrons. The molecule has 0 aromatic heterocycles. The largest absolute Gasteiger partial charge is 0.294 e. The molecule has 17 atom stereocenters. The highest BCUT2D eigenvalue weighted by molar-refractivity contribution is 5.14. The van der Waals surface area contributed by atoms with Gasteiger partial charge in [0.15, 0.2) is 0 Å². The lowest BCUT2D eigenvalue weighted by molar-refractivity contribution is -0.169. The molecular formula is C60H99N3. The third kappa shape index (κ3) is 7.61. The molecule has 0 bridgehead atoms. The van der Waals surface area contributed by atoms with Crippen LogP contribution in [0.2, 0.25) is 0 Å². The Balaban J connectivity index is 0.781. The summed E-state index contributed by atoms with van der Waals surface area (Å²) in [7, 11) is 0. The second kappa shape index (κ2) is 17.9. The van der Waals surface area contributed by atoms with Gasteiger partial charge in [-0.3, -0.25) is 14.7 Å². The van der Waals surface area contributed by atoms with Crippen LogP contribution in [0.4, 0.5) is 0 Å². The second-order valence-electron chi connectivity index (χ2n) is 27.5. The minimum absolute atomic E-state index is 0.483. The van der Waals surface area contributed by atoms with Crippen LogP contribution < -0.4 is 0 Å². The Morgan fingerprint density at radius 2 is 0.730 bits per heavy atom. The molecule has 3 saturated heterocycles. The smallest absolute Gasteiger partial charge is 0.0139 e. The second-order valence-corrected chi connectivity index (χ2v) is 27.5. The molecule has 3 heteroatoms. The monoisotopic (exact) mass is 862 g/mol. The molecule has 3 nitrogen and oxygen atoms in total. The van der Waals surface area contributed by atoms with E-state index in [0.29, 0.717) is 10.8 Å². The minimum Gasteiger partial charge on any atom is -0.294 e. The summed E-state index contributed by atoms with van der Waals surface area (Å²) in [5.74, 6) is 9.76. The van der Waals surface area contributed by atoms with Crippen LogP contribution >= 0.6 is 0 Å². The van der Waals surface area contributed by atoms with Gasteiger partial charge in [-0.05, 0) is 218 Å². The first-order valence-electron chi connectivity index (χ1n) is 29.7. The van der Waals surface area contributed by atoms with Crippen LogP contribution in [0.15, 0.2) is 12.2 Å². The number of allylic oxidation sites excluding steroid dienone is 1. The van der Waals surface area contributed by atoms with Gasteiger partial charge in [0.1, 0.15) is 0 Å². The zero-order valence-corrected chi connectivity index (χ0v) is 41.8. The van der Waals surface area contributed by atoms with Crippen LogP contribution in [-0.4, -0.2) is 69.1 Å². The first-order chi connectivity index (χ1) is 30.8. The fraction of sp³-hybridized carbons (Fsp3) is 0.967. The lowest BCUT2D eigenvalue weighted by Gasteiger charge is -2.66. The summed E-state index contributed by atoms with van der Waals surface area (Å²) in [5, 5.41) is 0. The van der Waals surface area contributed by atoms with Crippen molar-refractivity contribution in [2.24, 2.45) is 70.0 Å². The third-order valence-corrected chi connectivity index (χ3v) is 24.6. The zero-order valence-electron chi connectivity index (χ0n) is 41.8. The molecule has 11 fully saturated rings. The number of likely N-dealkylation sites (tertiary alicyclic amines) is 3. The normalized spacial score (nSPS) is 49.7. The van der Waals surface area contributed by atoms with Crippen LogP contribution in [0, 0.1) is 70.0 Å². The van der Waals surface area contributed by atoms with Gasteiger partial charge in [-0.2, -0.15) is 0 Å². The quantitative estimate of drug-likeness (QED) is 0.255. The van der Waals surface area contributed by atoms with E-state index in [1.807, 2.05) is 0 Å². The molecule has 3 aliphatic heterocycles. The van der Waals surface area contributed by atoms with Gasteiger partial charge in [0.05, 0.1) is 0 Å². The van der Waals surface area contributed by atoms with Gasteiger partial charge in [0.2, 0.25) is 0 Å². The van der Waals surface area contributed by atoms with E-state index in [1.165, 1.54) is 135 Å². The van der Waals surface area contributed by atoms with Crippen LogP contribution in [0.5, 0.6) is 0 Å². The molecule has 0 N–H and O–H groups in total. The average molecular weight is 862 g/mol. The molecule has 3 heterocycles. The predicted molar refractivity (Wildman–Crippen MR) is 264 cm³/mol. The van der Waals surface area contributed by atoms with Crippen molar-refractivity contribution < 1.29 is 0 Å². The molecule has 0 aromatic carbocycles. The SMILES string of the molecule is CC1(C)C2CCCCC2N(C2CC=CCC2)C2CCC(C3CCC4C(C3)C(C)(C)C3CC(C5CCC6C(C5)C5CCCCC5N6C5CCCCC5)CCC3N4C3CCCCC3)CC21. The van der Waals surface area contributed by atoms with E-state index in [-0.39, 0.29) is 0 Å². The third-order valence-electron chi connectivity index (χ3n) is 24.6. The maximum absolute atomic E-state index is 3.41. The van der Waals surface area contributed by atoms with Crippen LogP contribution in [0.1, 0.15) is 240 Å². The number of rotatable bonds is 5. The first-order valence-corrected chi connectivity index (χ1v) is 29.7. The summed E-state index contributed by atoms with van der Waals surface area (Å²) in [4.78, 5) is 9.98. The molecular weight excluding hydrogens is 763 g/mol. The Labute approximate surface area is 389 Å². The fourth-order valence-corrected chi connectivity index (χ4v) is 21.9. The molecule has 8 saturated carbocycles. The van der Waals surface area contributed by atoms with Crippen molar-refractivity contribution in [1.29, 1.82) is 0 Å². The highest BCUT2D eigenvalue weighted by atomic mass is 15.3. The van der Waals surface area contributed by atoms with E-state index in [1.54, 1.807) is 77.0 Å². The summed E-state index contributed by atoms with van der Waals surface area (Å²) in [6.07, 6.45) is 55.2. The van der Waals surface area contributed by atoms with E-state index in [0.717, 1.165) is 114 Å². The lowest BCUT2D eigenvalue weighted by atomic mass is 9.48. The van der Waals surface area contributed by atoms with Crippen molar-refractivity contribution in [1.82, 2.24) is 14.7 Å². The molecule has 9 aliphatic carbocycles. The van der Waals surface area contributed by atoms with E-state index in [9.17, 15) is 0 Å². The van der Waals surface area contributed by atoms with Crippen molar-refractivity contribution in [3.8, 4) is 0 Å². The van der Waals surface area contributed by atoms with Crippen molar-refractivity contribution in [3.63, 3.8) is 0 Å². The maximum atomic E-state index is 3.41. The summed E-state index contributed by atoms with van der Waals surface area (Å²) in [6.45, 7) is 11.4. The highest BCUT2D eigenvalue weighted by Gasteiger charge is 2.61. The summed E-state index contributed by atoms with van der Waals surface area (Å²) < 4.78 is 0. The van der Waals surface area contributed by atoms with Crippen LogP contribution in [0.3, 0.4) is 0 Å². The Kier molecular flexibility index (Phi) is 12.4. The van der Waals surface area contributed by atoms with Crippen molar-refractivity contribution in [2.75, 3.05) is 0 Å². The van der Waals surface area contributed by atoms with Crippen LogP contribution in [-0.2, 0) is 0 Å². The summed E-state index contributed by atoms with van der Waals surface area (Å²) in [5.41, 5.74) is 0.985. The lowest BCUT2D eigenvalue weighted by Crippen LogP contribution is -2.68. The number of nitrogens with zero attached hydrogens (tertiary/aromatic N) is 3. The van der Waals surface area contributed by atoms with Gasteiger partial charge < -0.3 is 0 Å². The average Bonchev–Trinajstić information content (AvgIpc) is 3.66. The topological polar surface area (TPSA) is 9.72 Å². The van der Waals surface area contributed by atoms with Gasteiger partial charge in [-0.25, -0.2) is 0 Å². The van der Waals surface area contributed by atoms with Crippen molar-refractivity contribution >= 4 is 0 Å². The molecule has 63 heavy (non-hydrogen) atoms. The summed E-state index contributed by atoms with van der Waals surface area (Å²) >= 11 is 0. The molecule has 0 aromatic rings. The standard InChI is InChI=1S/C60H99N3/c1-59(2)49-25-15-17-27-55(49)62(45-20-10-6-11-21-45)56-34-30-42(38-50(56)59)43-31-35-58-52(39-43)60(3,4)51-37-41(29-33-57(51)63(58)46-22-12-7-13-23-46)40-28-32-54-48(36-40)47-24-14-16-26-53(47)61(54)44-18-8-5-9-19-44/h6,10,40-58H,5,7-9,11-39H2,1-4H3. The molecule has 0 amide bonds. The first kappa shape index (κ1) is 43.9. The van der Waals surface area contributed by atoms with Gasteiger partial charge in [-0.15, -0.1) is 0 Å². The Morgan fingerprint density at radius 1 is 0.317 bits per heavy atom. The molecule has 12 rings (SSSR count). The van der Waals surface area contributed by atoms with Crippen molar-refractivity contribution in [2.45, 2.75) is 294 Å². The number of piperidine rings is 2. The van der Waals surface area contributed by atoms with Gasteiger partial charge >= 0.3 is 0 Å². The van der Waals surface area contributed by atoms with Crippen molar-refractivity contribution in [3.05, 3.63) is 12.2 Å². The minimum atomic E-state index is 0.483. The molecule has 0 spiro atoms. The number of hydrogen-bond donors (Lipinski definition) is 0. The molecule has 12 aliphatic rings. The Bertz CT molecular complexity index is 1580.